The Balaban J connectivity index is 1.24. The van der Waals surface area contributed by atoms with Gasteiger partial charge in [-0.2, -0.15) is 0 Å². The van der Waals surface area contributed by atoms with Crippen LogP contribution in [0.15, 0.2) is 47.4 Å². The third-order valence-corrected chi connectivity index (χ3v) is 8.85. The quantitative estimate of drug-likeness (QED) is 0.568. The summed E-state index contributed by atoms with van der Waals surface area (Å²) in [5.41, 5.74) is 0. The highest BCUT2D eigenvalue weighted by Crippen LogP contribution is 2.29. The van der Waals surface area contributed by atoms with E-state index in [2.05, 4.69) is 9.62 Å². The number of nitrogens with zero attached hydrogens (tertiary/aromatic N) is 2. The number of nitrogens with one attached hydrogen (secondary N) is 1. The molecule has 0 aliphatic carbocycles. The summed E-state index contributed by atoms with van der Waals surface area (Å²) in [6.45, 7) is 2.80. The van der Waals surface area contributed by atoms with Gasteiger partial charge in [-0.25, -0.2) is 17.9 Å². The van der Waals surface area contributed by atoms with E-state index in [9.17, 15) is 13.2 Å². The molecule has 2 aliphatic rings. The summed E-state index contributed by atoms with van der Waals surface area (Å²) in [4.78, 5) is 16.5. The lowest BCUT2D eigenvalue weighted by molar-refractivity contribution is 0.0540. The van der Waals surface area contributed by atoms with Crippen LogP contribution in [0.3, 0.4) is 0 Å². The fourth-order valence-electron chi connectivity index (χ4n) is 4.43. The number of carbonyl (C=O) groups is 1. The highest BCUT2D eigenvalue weighted by molar-refractivity contribution is 7.90. The molecular weight excluding hydrogens is 521 g/mol. The fourth-order valence-corrected chi connectivity index (χ4v) is 6.21. The normalized spacial score (nSPS) is 18.6. The molecule has 0 spiro atoms. The second-order valence-electron chi connectivity index (χ2n) is 8.49. The maximum atomic E-state index is 12.6. The molecule has 2 aromatic carbocycles. The second-order valence-corrected chi connectivity index (χ2v) is 11.4. The topological polar surface area (TPSA) is 79.0 Å². The summed E-state index contributed by atoms with van der Waals surface area (Å²) in [5.74, 6) is 0.721. The molecule has 0 atom stereocenters. The number of piperidine rings is 2. The number of hydrogen-bond acceptors (Lipinski definition) is 5. The minimum absolute atomic E-state index is 0.0769. The van der Waals surface area contributed by atoms with E-state index in [-0.39, 0.29) is 16.0 Å². The molecular formula is C23H26Cl3N3O4S. The van der Waals surface area contributed by atoms with Gasteiger partial charge in [-0.15, -0.1) is 0 Å². The minimum Gasteiger partial charge on any atom is -0.490 e. The van der Waals surface area contributed by atoms with E-state index < -0.39 is 16.1 Å². The third-order valence-electron chi connectivity index (χ3n) is 6.29. The van der Waals surface area contributed by atoms with Gasteiger partial charge in [-0.05, 0) is 49.9 Å². The van der Waals surface area contributed by atoms with Gasteiger partial charge in [0.15, 0.2) is 0 Å². The van der Waals surface area contributed by atoms with Gasteiger partial charge < -0.3 is 9.64 Å². The number of amides is 2. The van der Waals surface area contributed by atoms with Gasteiger partial charge in [-0.1, -0.05) is 46.9 Å². The Hall–Kier alpha value is -1.71. The number of rotatable bonds is 5. The van der Waals surface area contributed by atoms with E-state index >= 15 is 0 Å². The number of carbonyl (C=O) groups excluding carboxylic acids is 1. The van der Waals surface area contributed by atoms with Crippen LogP contribution in [0.4, 0.5) is 4.79 Å². The van der Waals surface area contributed by atoms with E-state index in [1.807, 2.05) is 6.07 Å². The fraction of sp³-hybridized carbons (Fsp3) is 0.435. The zero-order chi connectivity index (χ0) is 24.3. The summed E-state index contributed by atoms with van der Waals surface area (Å²) < 4.78 is 33.3. The Morgan fingerprint density at radius 2 is 1.56 bits per heavy atom. The van der Waals surface area contributed by atoms with Gasteiger partial charge in [0.1, 0.15) is 16.7 Å². The molecule has 0 radical (unpaired) electrons. The highest BCUT2D eigenvalue weighted by atomic mass is 35.5. The lowest BCUT2D eigenvalue weighted by Crippen LogP contribution is -2.52. The zero-order valence-electron chi connectivity index (χ0n) is 18.4. The van der Waals surface area contributed by atoms with E-state index in [0.29, 0.717) is 29.2 Å². The molecule has 0 bridgehead atoms. The van der Waals surface area contributed by atoms with Crippen LogP contribution in [0, 0.1) is 0 Å². The maximum Gasteiger partial charge on any atom is 0.331 e. The maximum absolute atomic E-state index is 12.6. The Morgan fingerprint density at radius 1 is 0.882 bits per heavy atom. The summed E-state index contributed by atoms with van der Waals surface area (Å²) >= 11 is 18.0. The highest BCUT2D eigenvalue weighted by Gasteiger charge is 2.31. The van der Waals surface area contributed by atoms with Crippen molar-refractivity contribution in [2.45, 2.75) is 42.7 Å². The molecule has 1 N–H and O–H groups in total. The lowest BCUT2D eigenvalue weighted by atomic mass is 9.99. The van der Waals surface area contributed by atoms with Crippen LogP contribution >= 0.6 is 34.8 Å². The number of hydrogen-bond donors (Lipinski definition) is 1. The Labute approximate surface area is 215 Å². The Kier molecular flexibility index (Phi) is 8.15. The van der Waals surface area contributed by atoms with Gasteiger partial charge in [-0.3, -0.25) is 4.90 Å². The van der Waals surface area contributed by atoms with Crippen LogP contribution in [0.1, 0.15) is 25.7 Å². The SMILES string of the molecule is O=C(NS(=O)(=O)c1ccccc1Cl)N1CCC(N2CCC(Oc3ccc(Cl)c(Cl)c3)CC2)CC1. The average molecular weight is 547 g/mol. The van der Waals surface area contributed by atoms with Crippen LogP contribution in [0.5, 0.6) is 5.75 Å². The van der Waals surface area contributed by atoms with Crippen molar-refractivity contribution in [1.29, 1.82) is 0 Å². The lowest BCUT2D eigenvalue weighted by Gasteiger charge is -2.41. The van der Waals surface area contributed by atoms with Crippen molar-refractivity contribution in [3.63, 3.8) is 0 Å². The molecule has 0 saturated carbocycles. The number of ether oxygens (including phenoxy) is 1. The van der Waals surface area contributed by atoms with Crippen LogP contribution in [-0.4, -0.2) is 62.6 Å². The first kappa shape index (κ1) is 25.4. The van der Waals surface area contributed by atoms with Gasteiger partial charge in [0.25, 0.3) is 10.0 Å². The molecule has 2 aromatic rings. The molecule has 0 aromatic heterocycles. The first-order valence-electron chi connectivity index (χ1n) is 11.1. The third kappa shape index (κ3) is 6.10. The molecule has 2 amide bonds. The summed E-state index contributed by atoms with van der Waals surface area (Å²) in [5, 5.41) is 1.06. The number of likely N-dealkylation sites (tertiary alicyclic amines) is 2. The van der Waals surface area contributed by atoms with Crippen LogP contribution in [0.25, 0.3) is 0 Å². The summed E-state index contributed by atoms with van der Waals surface area (Å²) in [6, 6.07) is 11.1. The molecule has 34 heavy (non-hydrogen) atoms. The largest absolute Gasteiger partial charge is 0.490 e. The van der Waals surface area contributed by atoms with E-state index in [4.69, 9.17) is 39.5 Å². The molecule has 2 fully saturated rings. The van der Waals surface area contributed by atoms with Gasteiger partial charge in [0.05, 0.1) is 15.1 Å². The van der Waals surface area contributed by atoms with Gasteiger partial charge >= 0.3 is 6.03 Å². The number of halogens is 3. The van der Waals surface area contributed by atoms with Crippen molar-refractivity contribution < 1.29 is 17.9 Å². The molecule has 2 aliphatic heterocycles. The zero-order valence-corrected chi connectivity index (χ0v) is 21.5. The van der Waals surface area contributed by atoms with Gasteiger partial charge in [0.2, 0.25) is 0 Å². The predicted molar refractivity (Wildman–Crippen MR) is 133 cm³/mol. The molecule has 7 nitrogen and oxygen atoms in total. The standard InChI is InChI=1S/C23H26Cl3N3O4S/c24-19-6-5-18(15-21(19)26)33-17-9-13-28(14-10-17)16-7-11-29(12-8-16)23(30)27-34(31,32)22-4-2-1-3-20(22)25/h1-6,15-17H,7-14H2,(H,27,30). The van der Waals surface area contributed by atoms with Crippen molar-refractivity contribution in [2.75, 3.05) is 26.2 Å². The van der Waals surface area contributed by atoms with Crippen LogP contribution in [-0.2, 0) is 10.0 Å². The molecule has 2 heterocycles. The molecule has 4 rings (SSSR count). The Morgan fingerprint density at radius 3 is 2.21 bits per heavy atom. The van der Waals surface area contributed by atoms with E-state index in [0.717, 1.165) is 44.5 Å². The van der Waals surface area contributed by atoms with Crippen molar-refractivity contribution in [3.05, 3.63) is 57.5 Å². The molecule has 11 heteroatoms. The first-order chi connectivity index (χ1) is 16.2. The second kappa shape index (κ2) is 10.9. The smallest absolute Gasteiger partial charge is 0.331 e. The average Bonchev–Trinajstić information content (AvgIpc) is 2.82. The number of urea groups is 1. The van der Waals surface area contributed by atoms with Crippen LogP contribution < -0.4 is 9.46 Å². The molecule has 184 valence electrons. The minimum atomic E-state index is -4.02. The number of sulfonamides is 1. The first-order valence-corrected chi connectivity index (χ1v) is 13.8. The van der Waals surface area contributed by atoms with Crippen LogP contribution in [0.2, 0.25) is 15.1 Å². The summed E-state index contributed by atoms with van der Waals surface area (Å²) in [7, 11) is -4.02. The van der Waals surface area contributed by atoms with Crippen molar-refractivity contribution in [1.82, 2.24) is 14.5 Å². The van der Waals surface area contributed by atoms with Gasteiger partial charge in [0, 0.05) is 38.3 Å². The van der Waals surface area contributed by atoms with E-state index in [1.165, 1.54) is 12.1 Å². The number of benzene rings is 2. The Bertz CT molecular complexity index is 1130. The molecule has 0 unspecified atom stereocenters. The monoisotopic (exact) mass is 545 g/mol. The van der Waals surface area contributed by atoms with Crippen molar-refractivity contribution >= 4 is 50.9 Å². The summed E-state index contributed by atoms with van der Waals surface area (Å²) in [6.07, 6.45) is 3.50. The molecule has 2 saturated heterocycles. The predicted octanol–water partition coefficient (Wildman–Crippen LogP) is 5.05. The van der Waals surface area contributed by atoms with E-state index in [1.54, 1.807) is 29.2 Å². The van der Waals surface area contributed by atoms with Crippen molar-refractivity contribution in [3.8, 4) is 5.75 Å². The van der Waals surface area contributed by atoms with Crippen molar-refractivity contribution in [2.24, 2.45) is 0 Å².